The van der Waals surface area contributed by atoms with Crippen molar-refractivity contribution >= 4 is 22.8 Å². The lowest BCUT2D eigenvalue weighted by Gasteiger charge is -2.29. The van der Waals surface area contributed by atoms with Crippen LogP contribution in [0.3, 0.4) is 0 Å². The largest absolute Gasteiger partial charge is 0.467 e. The number of methoxy groups -OCH3 is 1. The molecule has 2 aromatic rings. The maximum Gasteiger partial charge on any atom is 0.328 e. The fourth-order valence-electron chi connectivity index (χ4n) is 3.38. The molecule has 0 unspecified atom stereocenters. The second kappa shape index (κ2) is 7.43. The Bertz CT molecular complexity index is 738. The van der Waals surface area contributed by atoms with Gasteiger partial charge in [0, 0.05) is 11.6 Å². The van der Waals surface area contributed by atoms with Gasteiger partial charge in [0.15, 0.2) is 0 Å². The molecule has 1 aliphatic carbocycles. The zero-order chi connectivity index (χ0) is 16.9. The molecular weight excluding hydrogens is 304 g/mol. The topological polar surface area (TPSA) is 68.3 Å². The summed E-state index contributed by atoms with van der Waals surface area (Å²) >= 11 is 0. The highest BCUT2D eigenvalue weighted by atomic mass is 16.5. The fourth-order valence-corrected chi connectivity index (χ4v) is 3.38. The molecule has 1 heterocycles. The maximum atomic E-state index is 12.6. The molecular formula is C19H22N2O3. The lowest BCUT2D eigenvalue weighted by molar-refractivity contribution is -0.144. The third-order valence-corrected chi connectivity index (χ3v) is 4.72. The van der Waals surface area contributed by atoms with Crippen LogP contribution in [0, 0.1) is 5.92 Å². The van der Waals surface area contributed by atoms with Gasteiger partial charge in [-0.2, -0.15) is 0 Å². The molecule has 0 saturated heterocycles. The van der Waals surface area contributed by atoms with Crippen LogP contribution in [0.1, 0.15) is 42.5 Å². The van der Waals surface area contributed by atoms with Gasteiger partial charge in [-0.3, -0.25) is 9.78 Å². The van der Waals surface area contributed by atoms with Crippen LogP contribution in [0.2, 0.25) is 0 Å². The van der Waals surface area contributed by atoms with E-state index in [1.54, 1.807) is 12.3 Å². The van der Waals surface area contributed by atoms with Gasteiger partial charge in [0.05, 0.1) is 18.2 Å². The number of hydrogen-bond acceptors (Lipinski definition) is 4. The maximum absolute atomic E-state index is 12.6. The predicted octanol–water partition coefficient (Wildman–Crippen LogP) is 3.09. The van der Waals surface area contributed by atoms with Crippen molar-refractivity contribution in [2.45, 2.75) is 38.1 Å². The van der Waals surface area contributed by atoms with Gasteiger partial charge in [0.2, 0.25) is 0 Å². The van der Waals surface area contributed by atoms with Gasteiger partial charge in [-0.25, -0.2) is 4.79 Å². The van der Waals surface area contributed by atoms with E-state index in [0.29, 0.717) is 5.56 Å². The Kier molecular flexibility index (Phi) is 5.08. The molecule has 5 nitrogen and oxygen atoms in total. The number of esters is 1. The van der Waals surface area contributed by atoms with E-state index >= 15 is 0 Å². The summed E-state index contributed by atoms with van der Waals surface area (Å²) in [5, 5.41) is 3.77. The monoisotopic (exact) mass is 326 g/mol. The Morgan fingerprint density at radius 2 is 1.96 bits per heavy atom. The van der Waals surface area contributed by atoms with E-state index in [1.165, 1.54) is 13.5 Å². The molecule has 1 aromatic carbocycles. The van der Waals surface area contributed by atoms with Crippen molar-refractivity contribution < 1.29 is 14.3 Å². The number of nitrogens with zero attached hydrogens (tertiary/aromatic N) is 1. The van der Waals surface area contributed by atoms with Gasteiger partial charge in [-0.1, -0.05) is 37.5 Å². The van der Waals surface area contributed by atoms with E-state index in [4.69, 9.17) is 4.74 Å². The van der Waals surface area contributed by atoms with Gasteiger partial charge >= 0.3 is 5.97 Å². The second-order valence-electron chi connectivity index (χ2n) is 6.29. The zero-order valence-electron chi connectivity index (χ0n) is 13.8. The standard InChI is InChI=1S/C19H22N2O3/c1-24-19(23)17(13-7-3-2-4-8-13)21-18(22)15-11-14-9-5-6-10-16(14)20-12-15/h5-6,9-13,17H,2-4,7-8H2,1H3,(H,21,22)/t17-/m0/s1. The van der Waals surface area contributed by atoms with E-state index in [9.17, 15) is 9.59 Å². The Hall–Kier alpha value is -2.43. The number of benzene rings is 1. The first-order chi connectivity index (χ1) is 11.7. The third kappa shape index (κ3) is 3.55. The van der Waals surface area contributed by atoms with Crippen LogP contribution in [0.5, 0.6) is 0 Å². The lowest BCUT2D eigenvalue weighted by Crippen LogP contribution is -2.47. The summed E-state index contributed by atoms with van der Waals surface area (Å²) in [5.74, 6) is -0.512. The van der Waals surface area contributed by atoms with Crippen LogP contribution in [-0.4, -0.2) is 30.0 Å². The highest BCUT2D eigenvalue weighted by molar-refractivity contribution is 5.99. The van der Waals surface area contributed by atoms with E-state index in [0.717, 1.165) is 36.6 Å². The number of ether oxygens (including phenoxy) is 1. The average molecular weight is 326 g/mol. The number of carbonyl (C=O) groups excluding carboxylic acids is 2. The van der Waals surface area contributed by atoms with Gasteiger partial charge < -0.3 is 10.1 Å². The zero-order valence-corrected chi connectivity index (χ0v) is 13.8. The first-order valence-electron chi connectivity index (χ1n) is 8.42. The molecule has 0 aliphatic heterocycles. The van der Waals surface area contributed by atoms with Gasteiger partial charge in [-0.05, 0) is 30.9 Å². The molecule has 24 heavy (non-hydrogen) atoms. The van der Waals surface area contributed by atoms with Crippen LogP contribution in [-0.2, 0) is 9.53 Å². The van der Waals surface area contributed by atoms with Crippen molar-refractivity contribution in [2.75, 3.05) is 7.11 Å². The Labute approximate surface area is 141 Å². The van der Waals surface area contributed by atoms with Crippen molar-refractivity contribution in [3.63, 3.8) is 0 Å². The summed E-state index contributed by atoms with van der Waals surface area (Å²) in [6.45, 7) is 0. The van der Waals surface area contributed by atoms with Gasteiger partial charge in [-0.15, -0.1) is 0 Å². The number of para-hydroxylation sites is 1. The molecule has 126 valence electrons. The first-order valence-corrected chi connectivity index (χ1v) is 8.42. The second-order valence-corrected chi connectivity index (χ2v) is 6.29. The highest BCUT2D eigenvalue weighted by Gasteiger charge is 2.32. The lowest BCUT2D eigenvalue weighted by atomic mass is 9.83. The number of carbonyl (C=O) groups is 2. The molecule has 1 atom stereocenters. The van der Waals surface area contributed by atoms with Crippen molar-refractivity contribution in [1.29, 1.82) is 0 Å². The number of rotatable bonds is 4. The molecule has 1 aromatic heterocycles. The number of nitrogens with one attached hydrogen (secondary N) is 1. The molecule has 0 bridgehead atoms. The summed E-state index contributed by atoms with van der Waals surface area (Å²) in [6.07, 6.45) is 6.79. The predicted molar refractivity (Wildman–Crippen MR) is 91.6 cm³/mol. The number of fused-ring (bicyclic) bond motifs is 1. The molecule has 1 N–H and O–H groups in total. The quantitative estimate of drug-likeness (QED) is 0.877. The highest BCUT2D eigenvalue weighted by Crippen LogP contribution is 2.27. The normalized spacial score (nSPS) is 16.5. The summed E-state index contributed by atoms with van der Waals surface area (Å²) < 4.78 is 4.90. The van der Waals surface area contributed by atoms with E-state index < -0.39 is 6.04 Å². The van der Waals surface area contributed by atoms with Crippen molar-refractivity contribution in [3.05, 3.63) is 42.1 Å². The number of pyridine rings is 1. The summed E-state index contributed by atoms with van der Waals surface area (Å²) in [5.41, 5.74) is 1.30. The first kappa shape index (κ1) is 16.4. The van der Waals surface area contributed by atoms with Crippen LogP contribution in [0.4, 0.5) is 0 Å². The van der Waals surface area contributed by atoms with Gasteiger partial charge in [0.25, 0.3) is 5.91 Å². The molecule has 1 saturated carbocycles. The van der Waals surface area contributed by atoms with Crippen molar-refractivity contribution in [2.24, 2.45) is 5.92 Å². The summed E-state index contributed by atoms with van der Waals surface area (Å²) in [4.78, 5) is 29.1. The van der Waals surface area contributed by atoms with Crippen LogP contribution < -0.4 is 5.32 Å². The minimum absolute atomic E-state index is 0.142. The van der Waals surface area contributed by atoms with Crippen LogP contribution >= 0.6 is 0 Å². The van der Waals surface area contributed by atoms with Crippen molar-refractivity contribution in [1.82, 2.24) is 10.3 Å². The van der Waals surface area contributed by atoms with E-state index in [2.05, 4.69) is 10.3 Å². The Morgan fingerprint density at radius 3 is 2.71 bits per heavy atom. The molecule has 5 heteroatoms. The number of amides is 1. The SMILES string of the molecule is COC(=O)[C@@H](NC(=O)c1cnc2ccccc2c1)C1CCCCC1. The molecule has 1 amide bonds. The average Bonchev–Trinajstić information content (AvgIpc) is 2.65. The van der Waals surface area contributed by atoms with Gasteiger partial charge in [0.1, 0.15) is 6.04 Å². The summed E-state index contributed by atoms with van der Waals surface area (Å²) in [7, 11) is 1.36. The Morgan fingerprint density at radius 1 is 1.21 bits per heavy atom. The molecule has 0 spiro atoms. The number of aromatic nitrogens is 1. The summed E-state index contributed by atoms with van der Waals surface area (Å²) in [6, 6.07) is 8.84. The molecule has 1 aliphatic rings. The third-order valence-electron chi connectivity index (χ3n) is 4.72. The minimum Gasteiger partial charge on any atom is -0.467 e. The number of hydrogen-bond donors (Lipinski definition) is 1. The fraction of sp³-hybridized carbons (Fsp3) is 0.421. The smallest absolute Gasteiger partial charge is 0.328 e. The van der Waals surface area contributed by atoms with E-state index in [1.807, 2.05) is 24.3 Å². The molecule has 3 rings (SSSR count). The Balaban J connectivity index is 1.79. The van der Waals surface area contributed by atoms with Crippen molar-refractivity contribution in [3.8, 4) is 0 Å². The minimum atomic E-state index is -0.589. The van der Waals surface area contributed by atoms with E-state index in [-0.39, 0.29) is 17.8 Å². The van der Waals surface area contributed by atoms with Crippen LogP contribution in [0.25, 0.3) is 10.9 Å². The molecule has 1 fully saturated rings. The molecule has 0 radical (unpaired) electrons. The van der Waals surface area contributed by atoms with Crippen LogP contribution in [0.15, 0.2) is 36.5 Å².